The van der Waals surface area contributed by atoms with Gasteiger partial charge in [0.15, 0.2) is 0 Å². The zero-order valence-corrected chi connectivity index (χ0v) is 13.4. The summed E-state index contributed by atoms with van der Waals surface area (Å²) in [5, 5.41) is 27.5. The van der Waals surface area contributed by atoms with Crippen LogP contribution >= 0.6 is 0 Å². The van der Waals surface area contributed by atoms with Crippen LogP contribution in [0.1, 0.15) is 16.7 Å². The molecule has 0 aliphatic rings. The highest BCUT2D eigenvalue weighted by Crippen LogP contribution is 2.19. The molecular weight excluding hydrogens is 304 g/mol. The molecule has 0 bridgehead atoms. The maximum absolute atomic E-state index is 9.97. The smallest absolute Gasteiger partial charge is 0.123 e. The van der Waals surface area contributed by atoms with Crippen molar-refractivity contribution in [1.82, 2.24) is 0 Å². The lowest BCUT2D eigenvalue weighted by atomic mass is 10.1. The van der Waals surface area contributed by atoms with Gasteiger partial charge in [0.1, 0.15) is 30.8 Å². The highest BCUT2D eigenvalue weighted by Gasteiger charge is 2.09. The van der Waals surface area contributed by atoms with E-state index < -0.39 is 6.10 Å². The van der Waals surface area contributed by atoms with Crippen molar-refractivity contribution in [2.75, 3.05) is 13.2 Å². The molecule has 122 valence electrons. The number of aliphatic hydroxyl groups excluding tert-OH is 1. The monoisotopic (exact) mass is 322 g/mol. The molecule has 0 fully saturated rings. The Morgan fingerprint density at radius 1 is 1.04 bits per heavy atom. The first-order valence-corrected chi connectivity index (χ1v) is 7.52. The summed E-state index contributed by atoms with van der Waals surface area (Å²) in [5.74, 6) is 1.20. The van der Waals surface area contributed by atoms with E-state index in [1.165, 1.54) is 0 Å². The summed E-state index contributed by atoms with van der Waals surface area (Å²) in [6, 6.07) is 16.5. The van der Waals surface area contributed by atoms with Crippen molar-refractivity contribution in [3.63, 3.8) is 0 Å². The lowest BCUT2D eigenvalue weighted by molar-refractivity contribution is 0.0624. The molecule has 0 heterocycles. The topological polar surface area (TPSA) is 86.3 Å². The van der Waals surface area contributed by atoms with Crippen molar-refractivity contribution in [2.24, 2.45) is 0 Å². The van der Waals surface area contributed by atoms with Gasteiger partial charge in [-0.1, -0.05) is 18.2 Å². The molecule has 0 saturated carbocycles. The minimum atomic E-state index is -0.797. The van der Waals surface area contributed by atoms with Crippen LogP contribution in [0, 0.1) is 29.6 Å². The van der Waals surface area contributed by atoms with Crippen LogP contribution in [0.5, 0.6) is 11.5 Å². The zero-order chi connectivity index (χ0) is 17.4. The number of ether oxygens (including phenoxy) is 2. The van der Waals surface area contributed by atoms with E-state index in [0.29, 0.717) is 23.5 Å². The summed E-state index contributed by atoms with van der Waals surface area (Å²) in [7, 11) is 0. The van der Waals surface area contributed by atoms with Crippen LogP contribution in [0.15, 0.2) is 42.5 Å². The van der Waals surface area contributed by atoms with Gasteiger partial charge in [-0.25, -0.2) is 0 Å². The third kappa shape index (κ3) is 5.01. The van der Waals surface area contributed by atoms with Gasteiger partial charge in [0.2, 0.25) is 0 Å². The molecule has 1 unspecified atom stereocenters. The van der Waals surface area contributed by atoms with Gasteiger partial charge in [-0.3, -0.25) is 0 Å². The van der Waals surface area contributed by atoms with Crippen LogP contribution < -0.4 is 9.47 Å². The van der Waals surface area contributed by atoms with E-state index in [2.05, 4.69) is 12.1 Å². The van der Waals surface area contributed by atoms with E-state index in [1.54, 1.807) is 30.3 Å². The Balaban J connectivity index is 1.82. The Labute approximate surface area is 141 Å². The standard InChI is InChI=1S/C19H18N2O3/c1-14-2-3-16(11-21)10-19(14)24-13-17(22)12-23-18-6-4-15(5-7-18)8-9-20/h2-7,10,17,22H,8,12-13H2,1H3. The minimum Gasteiger partial charge on any atom is -0.491 e. The van der Waals surface area contributed by atoms with Crippen molar-refractivity contribution in [2.45, 2.75) is 19.4 Å². The zero-order valence-electron chi connectivity index (χ0n) is 13.4. The van der Waals surface area contributed by atoms with E-state index in [-0.39, 0.29) is 13.2 Å². The molecule has 0 aromatic heterocycles. The summed E-state index contributed by atoms with van der Waals surface area (Å²) in [4.78, 5) is 0. The highest BCUT2D eigenvalue weighted by atomic mass is 16.5. The second-order valence-corrected chi connectivity index (χ2v) is 5.35. The van der Waals surface area contributed by atoms with Crippen LogP contribution in [-0.2, 0) is 6.42 Å². The first-order valence-electron chi connectivity index (χ1n) is 7.52. The van der Waals surface area contributed by atoms with Crippen LogP contribution in [0.25, 0.3) is 0 Å². The molecule has 0 spiro atoms. The van der Waals surface area contributed by atoms with Gasteiger partial charge in [-0.2, -0.15) is 10.5 Å². The number of nitriles is 2. The van der Waals surface area contributed by atoms with Crippen molar-refractivity contribution < 1.29 is 14.6 Å². The van der Waals surface area contributed by atoms with Crippen molar-refractivity contribution in [3.05, 3.63) is 59.2 Å². The van der Waals surface area contributed by atoms with E-state index in [4.69, 9.17) is 20.0 Å². The Hall–Kier alpha value is -3.02. The summed E-state index contributed by atoms with van der Waals surface area (Å²) in [6.07, 6.45) is -0.438. The fourth-order valence-electron chi connectivity index (χ4n) is 2.05. The average Bonchev–Trinajstić information content (AvgIpc) is 2.60. The van der Waals surface area contributed by atoms with Crippen LogP contribution in [-0.4, -0.2) is 24.4 Å². The molecule has 1 N–H and O–H groups in total. The molecule has 2 rings (SSSR count). The van der Waals surface area contributed by atoms with Crippen LogP contribution in [0.2, 0.25) is 0 Å². The van der Waals surface area contributed by atoms with Gasteiger partial charge in [0, 0.05) is 0 Å². The molecule has 0 aliphatic carbocycles. The Bertz CT molecular complexity index is 758. The second kappa shape index (κ2) is 8.57. The summed E-state index contributed by atoms with van der Waals surface area (Å²) in [5.41, 5.74) is 2.33. The predicted molar refractivity (Wildman–Crippen MR) is 88.6 cm³/mol. The fraction of sp³-hybridized carbons (Fsp3) is 0.263. The fourth-order valence-corrected chi connectivity index (χ4v) is 2.05. The highest BCUT2D eigenvalue weighted by molar-refractivity contribution is 5.41. The maximum atomic E-state index is 9.97. The quantitative estimate of drug-likeness (QED) is 0.847. The molecular formula is C19H18N2O3. The lowest BCUT2D eigenvalue weighted by Crippen LogP contribution is -2.25. The predicted octanol–water partition coefficient (Wildman–Crippen LogP) is 2.75. The lowest BCUT2D eigenvalue weighted by Gasteiger charge is -2.15. The molecule has 5 heteroatoms. The number of benzene rings is 2. The number of aliphatic hydroxyl groups is 1. The van der Waals surface area contributed by atoms with E-state index in [9.17, 15) is 5.11 Å². The van der Waals surface area contributed by atoms with Gasteiger partial charge in [-0.05, 0) is 42.3 Å². The van der Waals surface area contributed by atoms with Gasteiger partial charge >= 0.3 is 0 Å². The summed E-state index contributed by atoms with van der Waals surface area (Å²) >= 11 is 0. The Morgan fingerprint density at radius 2 is 1.75 bits per heavy atom. The SMILES string of the molecule is Cc1ccc(C#N)cc1OCC(O)COc1ccc(CC#N)cc1. The van der Waals surface area contributed by atoms with Crippen LogP contribution in [0.4, 0.5) is 0 Å². The first kappa shape index (κ1) is 17.3. The van der Waals surface area contributed by atoms with Gasteiger partial charge in [0.25, 0.3) is 0 Å². The van der Waals surface area contributed by atoms with Gasteiger partial charge < -0.3 is 14.6 Å². The molecule has 0 amide bonds. The molecule has 0 saturated heterocycles. The number of hydrogen-bond donors (Lipinski definition) is 1. The van der Waals surface area contributed by atoms with Gasteiger partial charge in [-0.15, -0.1) is 0 Å². The molecule has 0 aliphatic heterocycles. The normalized spacial score (nSPS) is 11.2. The summed E-state index contributed by atoms with van der Waals surface area (Å²) < 4.78 is 11.1. The Kier molecular flexibility index (Phi) is 6.19. The molecule has 2 aromatic carbocycles. The van der Waals surface area contributed by atoms with E-state index in [0.717, 1.165) is 11.1 Å². The van der Waals surface area contributed by atoms with E-state index >= 15 is 0 Å². The van der Waals surface area contributed by atoms with E-state index in [1.807, 2.05) is 19.1 Å². The number of hydrogen-bond acceptors (Lipinski definition) is 5. The van der Waals surface area contributed by atoms with Crippen LogP contribution in [0.3, 0.4) is 0 Å². The molecule has 1 atom stereocenters. The molecule has 5 nitrogen and oxygen atoms in total. The third-order valence-electron chi connectivity index (χ3n) is 3.40. The van der Waals surface area contributed by atoms with Crippen molar-refractivity contribution in [3.8, 4) is 23.6 Å². The molecule has 24 heavy (non-hydrogen) atoms. The summed E-state index contributed by atoms with van der Waals surface area (Å²) in [6.45, 7) is 2.04. The average molecular weight is 322 g/mol. The number of aryl methyl sites for hydroxylation is 1. The number of rotatable bonds is 7. The number of nitrogens with zero attached hydrogens (tertiary/aromatic N) is 2. The maximum Gasteiger partial charge on any atom is 0.123 e. The third-order valence-corrected chi connectivity index (χ3v) is 3.40. The van der Waals surface area contributed by atoms with Gasteiger partial charge in [0.05, 0.1) is 24.1 Å². The van der Waals surface area contributed by atoms with Crippen molar-refractivity contribution in [1.29, 1.82) is 10.5 Å². The first-order chi connectivity index (χ1) is 11.6. The largest absolute Gasteiger partial charge is 0.491 e. The van der Waals surface area contributed by atoms with Crippen molar-refractivity contribution >= 4 is 0 Å². The second-order valence-electron chi connectivity index (χ2n) is 5.35. The molecule has 2 aromatic rings. The Morgan fingerprint density at radius 3 is 2.42 bits per heavy atom. The molecule has 0 radical (unpaired) electrons. The minimum absolute atomic E-state index is 0.0717.